The maximum absolute atomic E-state index is 9.56. The molecule has 0 aromatic heterocycles. The standard InChI is InChI=1S/C16H18OS2/c1-13(17)14-6-5-9-16(12-14)19-11-10-18-15-7-3-2-4-8-15/h2-9,12-13,17H,10-11H2,1H3. The van der Waals surface area contributed by atoms with Crippen LogP contribution in [-0.2, 0) is 0 Å². The third-order valence-electron chi connectivity index (χ3n) is 2.70. The molecule has 0 amide bonds. The van der Waals surface area contributed by atoms with E-state index in [9.17, 15) is 5.11 Å². The second-order valence-corrected chi connectivity index (χ2v) is 6.60. The molecule has 0 heterocycles. The average molecular weight is 290 g/mol. The Morgan fingerprint density at radius 2 is 1.53 bits per heavy atom. The Labute approximate surface area is 123 Å². The molecule has 0 saturated carbocycles. The van der Waals surface area contributed by atoms with E-state index >= 15 is 0 Å². The minimum Gasteiger partial charge on any atom is -0.389 e. The van der Waals surface area contributed by atoms with Crippen LogP contribution in [0.15, 0.2) is 64.4 Å². The first kappa shape index (κ1) is 14.5. The second-order valence-electron chi connectivity index (χ2n) is 4.26. The predicted octanol–water partition coefficient (Wildman–Crippen LogP) is 4.62. The van der Waals surface area contributed by atoms with Crippen LogP contribution in [-0.4, -0.2) is 16.6 Å². The lowest BCUT2D eigenvalue weighted by atomic mass is 10.1. The number of aliphatic hydroxyl groups excluding tert-OH is 1. The SMILES string of the molecule is CC(O)c1cccc(SCCSc2ccccc2)c1. The number of rotatable bonds is 6. The molecule has 100 valence electrons. The van der Waals surface area contributed by atoms with Crippen LogP contribution in [0.25, 0.3) is 0 Å². The molecule has 1 nitrogen and oxygen atoms in total. The van der Waals surface area contributed by atoms with Crippen LogP contribution >= 0.6 is 23.5 Å². The van der Waals surface area contributed by atoms with Crippen LogP contribution in [0, 0.1) is 0 Å². The molecule has 1 unspecified atom stereocenters. The summed E-state index contributed by atoms with van der Waals surface area (Å²) in [6.07, 6.45) is -0.390. The molecule has 2 rings (SSSR count). The lowest BCUT2D eigenvalue weighted by Gasteiger charge is -2.07. The summed E-state index contributed by atoms with van der Waals surface area (Å²) in [5, 5.41) is 9.56. The molecule has 1 atom stereocenters. The maximum Gasteiger partial charge on any atom is 0.0762 e. The van der Waals surface area contributed by atoms with Crippen molar-refractivity contribution < 1.29 is 5.11 Å². The number of thioether (sulfide) groups is 2. The summed E-state index contributed by atoms with van der Waals surface area (Å²) < 4.78 is 0. The Bertz CT molecular complexity index is 497. The first-order valence-corrected chi connectivity index (χ1v) is 8.31. The second kappa shape index (κ2) is 7.63. The molecule has 0 radical (unpaired) electrons. The first-order valence-electron chi connectivity index (χ1n) is 6.34. The van der Waals surface area contributed by atoms with E-state index in [2.05, 4.69) is 36.4 Å². The van der Waals surface area contributed by atoms with Crippen molar-refractivity contribution in [1.82, 2.24) is 0 Å². The molecule has 0 spiro atoms. The molecular formula is C16H18OS2. The van der Waals surface area contributed by atoms with E-state index in [1.165, 1.54) is 9.79 Å². The fraction of sp³-hybridized carbons (Fsp3) is 0.250. The van der Waals surface area contributed by atoms with Gasteiger partial charge in [0.2, 0.25) is 0 Å². The fourth-order valence-corrected chi connectivity index (χ4v) is 3.58. The van der Waals surface area contributed by atoms with E-state index in [4.69, 9.17) is 0 Å². The van der Waals surface area contributed by atoms with Gasteiger partial charge in [0.25, 0.3) is 0 Å². The summed E-state index contributed by atoms with van der Waals surface area (Å²) in [6.45, 7) is 1.80. The number of hydrogen-bond donors (Lipinski definition) is 1. The van der Waals surface area contributed by atoms with Crippen LogP contribution in [0.4, 0.5) is 0 Å². The molecule has 3 heteroatoms. The van der Waals surface area contributed by atoms with Gasteiger partial charge in [-0.1, -0.05) is 30.3 Å². The van der Waals surface area contributed by atoms with Crippen LogP contribution in [0.5, 0.6) is 0 Å². The number of benzene rings is 2. The highest BCUT2D eigenvalue weighted by molar-refractivity contribution is 8.03. The zero-order valence-corrected chi connectivity index (χ0v) is 12.6. The highest BCUT2D eigenvalue weighted by Crippen LogP contribution is 2.25. The Kier molecular flexibility index (Phi) is 5.83. The van der Waals surface area contributed by atoms with Gasteiger partial charge in [0.05, 0.1) is 6.10 Å². The van der Waals surface area contributed by atoms with Gasteiger partial charge >= 0.3 is 0 Å². The van der Waals surface area contributed by atoms with E-state index in [1.807, 2.05) is 41.7 Å². The molecule has 0 fully saturated rings. The monoisotopic (exact) mass is 290 g/mol. The Morgan fingerprint density at radius 3 is 2.21 bits per heavy atom. The first-order chi connectivity index (χ1) is 9.25. The van der Waals surface area contributed by atoms with Gasteiger partial charge in [-0.25, -0.2) is 0 Å². The summed E-state index contributed by atoms with van der Waals surface area (Å²) in [7, 11) is 0. The van der Waals surface area contributed by atoms with Gasteiger partial charge < -0.3 is 5.11 Å². The lowest BCUT2D eigenvalue weighted by Crippen LogP contribution is -1.91. The number of aliphatic hydroxyl groups is 1. The van der Waals surface area contributed by atoms with Crippen molar-refractivity contribution >= 4 is 23.5 Å². The van der Waals surface area contributed by atoms with Crippen molar-refractivity contribution in [3.05, 3.63) is 60.2 Å². The molecule has 19 heavy (non-hydrogen) atoms. The quantitative estimate of drug-likeness (QED) is 0.619. The zero-order chi connectivity index (χ0) is 13.5. The molecule has 1 N–H and O–H groups in total. The van der Waals surface area contributed by atoms with Gasteiger partial charge in [-0.15, -0.1) is 23.5 Å². The highest BCUT2D eigenvalue weighted by atomic mass is 32.2. The zero-order valence-electron chi connectivity index (χ0n) is 11.0. The van der Waals surface area contributed by atoms with Crippen molar-refractivity contribution in [1.29, 1.82) is 0 Å². The van der Waals surface area contributed by atoms with Crippen molar-refractivity contribution in [2.24, 2.45) is 0 Å². The minimum absolute atomic E-state index is 0.390. The molecule has 0 aliphatic rings. The van der Waals surface area contributed by atoms with Gasteiger partial charge in [-0.3, -0.25) is 0 Å². The smallest absolute Gasteiger partial charge is 0.0762 e. The van der Waals surface area contributed by atoms with Crippen LogP contribution in [0.3, 0.4) is 0 Å². The van der Waals surface area contributed by atoms with Crippen LogP contribution in [0.1, 0.15) is 18.6 Å². The van der Waals surface area contributed by atoms with E-state index in [1.54, 1.807) is 6.92 Å². The summed E-state index contributed by atoms with van der Waals surface area (Å²) >= 11 is 3.72. The lowest BCUT2D eigenvalue weighted by molar-refractivity contribution is 0.199. The van der Waals surface area contributed by atoms with E-state index < -0.39 is 0 Å². The molecule has 2 aromatic carbocycles. The third kappa shape index (κ3) is 4.94. The molecule has 2 aromatic rings. The average Bonchev–Trinajstić information content (AvgIpc) is 2.45. The molecule has 0 saturated heterocycles. The van der Waals surface area contributed by atoms with Gasteiger partial charge in [0.15, 0.2) is 0 Å². The summed E-state index contributed by atoms with van der Waals surface area (Å²) in [5.41, 5.74) is 0.987. The van der Waals surface area contributed by atoms with E-state index in [-0.39, 0.29) is 6.10 Å². The fourth-order valence-electron chi connectivity index (χ4n) is 1.70. The maximum atomic E-state index is 9.56. The Morgan fingerprint density at radius 1 is 0.895 bits per heavy atom. The van der Waals surface area contributed by atoms with Crippen LogP contribution < -0.4 is 0 Å². The van der Waals surface area contributed by atoms with Crippen LogP contribution in [0.2, 0.25) is 0 Å². The molecule has 0 bridgehead atoms. The Hall–Kier alpha value is -0.900. The van der Waals surface area contributed by atoms with Crippen molar-refractivity contribution in [3.63, 3.8) is 0 Å². The highest BCUT2D eigenvalue weighted by Gasteiger charge is 2.02. The van der Waals surface area contributed by atoms with Gasteiger partial charge in [-0.05, 0) is 36.8 Å². The predicted molar refractivity (Wildman–Crippen MR) is 85.0 cm³/mol. The largest absolute Gasteiger partial charge is 0.389 e. The molecule has 0 aliphatic carbocycles. The normalized spacial score (nSPS) is 12.3. The minimum atomic E-state index is -0.390. The third-order valence-corrected chi connectivity index (χ3v) is 4.97. The number of hydrogen-bond acceptors (Lipinski definition) is 3. The van der Waals surface area contributed by atoms with Crippen molar-refractivity contribution in [3.8, 4) is 0 Å². The molecular weight excluding hydrogens is 272 g/mol. The van der Waals surface area contributed by atoms with Gasteiger partial charge in [0.1, 0.15) is 0 Å². The van der Waals surface area contributed by atoms with E-state index in [0.29, 0.717) is 0 Å². The van der Waals surface area contributed by atoms with E-state index in [0.717, 1.165) is 17.1 Å². The van der Waals surface area contributed by atoms with Gasteiger partial charge in [0, 0.05) is 21.3 Å². The van der Waals surface area contributed by atoms with Crippen molar-refractivity contribution in [2.45, 2.75) is 22.8 Å². The summed E-state index contributed by atoms with van der Waals surface area (Å²) in [4.78, 5) is 2.55. The molecule has 0 aliphatic heterocycles. The summed E-state index contributed by atoms with van der Waals surface area (Å²) in [5.74, 6) is 2.16. The topological polar surface area (TPSA) is 20.2 Å². The summed E-state index contributed by atoms with van der Waals surface area (Å²) in [6, 6.07) is 18.6. The van der Waals surface area contributed by atoms with Crippen molar-refractivity contribution in [2.75, 3.05) is 11.5 Å². The van der Waals surface area contributed by atoms with Gasteiger partial charge in [-0.2, -0.15) is 0 Å². The Balaban J connectivity index is 1.78.